The molecule has 0 N–H and O–H groups in total. The minimum atomic E-state index is -0.0565. The Morgan fingerprint density at radius 1 is 0.812 bits per heavy atom. The van der Waals surface area contributed by atoms with E-state index in [1.54, 1.807) is 11.1 Å². The number of nitrogens with zero attached hydrogens (tertiary/aromatic N) is 3. The van der Waals surface area contributed by atoms with E-state index >= 15 is 0 Å². The second-order valence-corrected chi connectivity index (χ2v) is 7.82. The van der Waals surface area contributed by atoms with Crippen molar-refractivity contribution in [2.75, 3.05) is 7.05 Å². The predicted octanol–water partition coefficient (Wildman–Crippen LogP) is 5.96. The molecule has 0 atom stereocenters. The lowest BCUT2D eigenvalue weighted by molar-refractivity contribution is 0.0786. The summed E-state index contributed by atoms with van der Waals surface area (Å²) >= 11 is 0. The molecule has 5 aromatic rings. The zero-order valence-electron chi connectivity index (χ0n) is 17.8. The Labute approximate surface area is 187 Å². The maximum absolute atomic E-state index is 13.6. The molecule has 0 bridgehead atoms. The molecular formula is C28H23N3O. The van der Waals surface area contributed by atoms with E-state index in [-0.39, 0.29) is 5.91 Å². The molecule has 0 saturated carbocycles. The summed E-state index contributed by atoms with van der Waals surface area (Å²) in [5, 5.41) is 6.93. The first-order chi connectivity index (χ1) is 15.7. The van der Waals surface area contributed by atoms with Crippen LogP contribution >= 0.6 is 0 Å². The van der Waals surface area contributed by atoms with Gasteiger partial charge in [0.2, 0.25) is 0 Å². The molecule has 0 aliphatic rings. The normalized spacial score (nSPS) is 10.9. The summed E-state index contributed by atoms with van der Waals surface area (Å²) in [6.45, 7) is 0.519. The number of rotatable bonds is 5. The van der Waals surface area contributed by atoms with Crippen LogP contribution in [0.1, 0.15) is 15.9 Å². The number of carbonyl (C=O) groups excluding carboxylic acids is 1. The third kappa shape index (κ3) is 3.67. The molecule has 0 saturated heterocycles. The number of para-hydroxylation sites is 1. The zero-order valence-corrected chi connectivity index (χ0v) is 17.8. The standard InChI is InChI=1S/C28H23N3O/c1-30(20-23-15-10-14-21-11-8-9-18-25(21)23)28(32)26-19-29-31(24-16-6-3-7-17-24)27(26)22-12-4-2-5-13-22/h2-19H,20H2,1H3. The predicted molar refractivity (Wildman–Crippen MR) is 129 cm³/mol. The van der Waals surface area contributed by atoms with Gasteiger partial charge in [0, 0.05) is 19.2 Å². The molecule has 0 radical (unpaired) electrons. The van der Waals surface area contributed by atoms with E-state index in [1.807, 2.05) is 90.6 Å². The summed E-state index contributed by atoms with van der Waals surface area (Å²) in [6.07, 6.45) is 1.68. The van der Waals surface area contributed by atoms with Crippen LogP contribution in [0.4, 0.5) is 0 Å². The maximum atomic E-state index is 13.6. The van der Waals surface area contributed by atoms with Gasteiger partial charge in [-0.15, -0.1) is 0 Å². The summed E-state index contributed by atoms with van der Waals surface area (Å²) in [6, 6.07) is 34.3. The SMILES string of the molecule is CN(Cc1cccc2ccccc12)C(=O)c1cnn(-c2ccccc2)c1-c1ccccc1. The van der Waals surface area contributed by atoms with Crippen molar-refractivity contribution in [1.29, 1.82) is 0 Å². The molecule has 0 aliphatic carbocycles. The number of amides is 1. The van der Waals surface area contributed by atoms with Crippen molar-refractivity contribution in [1.82, 2.24) is 14.7 Å². The van der Waals surface area contributed by atoms with Gasteiger partial charge in [0.05, 0.1) is 23.1 Å². The third-order valence-electron chi connectivity index (χ3n) is 5.68. The van der Waals surface area contributed by atoms with E-state index in [9.17, 15) is 4.79 Å². The summed E-state index contributed by atoms with van der Waals surface area (Å²) in [4.78, 5) is 15.4. The highest BCUT2D eigenvalue weighted by Crippen LogP contribution is 2.28. The third-order valence-corrected chi connectivity index (χ3v) is 5.68. The Kier molecular flexibility index (Phi) is 5.26. The molecule has 5 rings (SSSR count). The molecule has 0 fully saturated rings. The van der Waals surface area contributed by atoms with Crippen molar-refractivity contribution < 1.29 is 4.79 Å². The summed E-state index contributed by atoms with van der Waals surface area (Å²) in [7, 11) is 1.85. The van der Waals surface area contributed by atoms with Gasteiger partial charge in [-0.1, -0.05) is 91.0 Å². The van der Waals surface area contributed by atoms with Crippen molar-refractivity contribution >= 4 is 16.7 Å². The Hall–Kier alpha value is -4.18. The monoisotopic (exact) mass is 417 g/mol. The highest BCUT2D eigenvalue weighted by Gasteiger charge is 2.23. The molecule has 4 heteroatoms. The fourth-order valence-electron chi connectivity index (χ4n) is 4.11. The average molecular weight is 418 g/mol. The van der Waals surface area contributed by atoms with Crippen LogP contribution in [-0.2, 0) is 6.54 Å². The van der Waals surface area contributed by atoms with Gasteiger partial charge in [0.25, 0.3) is 5.91 Å². The van der Waals surface area contributed by atoms with Gasteiger partial charge in [-0.2, -0.15) is 5.10 Å². The van der Waals surface area contributed by atoms with Crippen LogP contribution in [0, 0.1) is 0 Å². The van der Waals surface area contributed by atoms with Crippen molar-refractivity contribution in [3.63, 3.8) is 0 Å². The van der Waals surface area contributed by atoms with Gasteiger partial charge in [-0.05, 0) is 28.5 Å². The van der Waals surface area contributed by atoms with Gasteiger partial charge in [-0.3, -0.25) is 4.79 Å². The second-order valence-electron chi connectivity index (χ2n) is 7.82. The number of fused-ring (bicyclic) bond motifs is 1. The Balaban J connectivity index is 1.54. The van der Waals surface area contributed by atoms with E-state index in [0.717, 1.165) is 27.9 Å². The second kappa shape index (κ2) is 8.52. The highest BCUT2D eigenvalue weighted by atomic mass is 16.2. The molecule has 156 valence electrons. The number of benzene rings is 4. The molecule has 1 amide bonds. The largest absolute Gasteiger partial charge is 0.337 e. The Morgan fingerprint density at radius 2 is 1.47 bits per heavy atom. The van der Waals surface area contributed by atoms with Gasteiger partial charge in [0.15, 0.2) is 0 Å². The van der Waals surface area contributed by atoms with Gasteiger partial charge >= 0.3 is 0 Å². The lowest BCUT2D eigenvalue weighted by Crippen LogP contribution is -2.26. The van der Waals surface area contributed by atoms with Gasteiger partial charge in [-0.25, -0.2) is 4.68 Å². The number of hydrogen-bond donors (Lipinski definition) is 0. The minimum absolute atomic E-state index is 0.0565. The van der Waals surface area contributed by atoms with E-state index in [4.69, 9.17) is 0 Å². The smallest absolute Gasteiger partial charge is 0.257 e. The van der Waals surface area contributed by atoms with Crippen LogP contribution < -0.4 is 0 Å². The van der Waals surface area contributed by atoms with E-state index < -0.39 is 0 Å². The van der Waals surface area contributed by atoms with E-state index in [1.165, 1.54) is 5.39 Å². The molecule has 4 aromatic carbocycles. The lowest BCUT2D eigenvalue weighted by Gasteiger charge is -2.19. The minimum Gasteiger partial charge on any atom is -0.337 e. The van der Waals surface area contributed by atoms with Crippen LogP contribution in [0.2, 0.25) is 0 Å². The summed E-state index contributed by atoms with van der Waals surface area (Å²) in [5.74, 6) is -0.0565. The first kappa shape index (κ1) is 19.8. The summed E-state index contributed by atoms with van der Waals surface area (Å²) < 4.78 is 1.84. The van der Waals surface area contributed by atoms with Crippen molar-refractivity contribution in [2.45, 2.75) is 6.54 Å². The molecule has 0 unspecified atom stereocenters. The van der Waals surface area contributed by atoms with Crippen LogP contribution in [-0.4, -0.2) is 27.6 Å². The molecule has 0 aliphatic heterocycles. The molecule has 32 heavy (non-hydrogen) atoms. The quantitative estimate of drug-likeness (QED) is 0.354. The molecule has 4 nitrogen and oxygen atoms in total. The van der Waals surface area contributed by atoms with Crippen molar-refractivity contribution in [2.24, 2.45) is 0 Å². The molecule has 1 aromatic heterocycles. The van der Waals surface area contributed by atoms with E-state index in [2.05, 4.69) is 29.4 Å². The number of hydrogen-bond acceptors (Lipinski definition) is 2. The average Bonchev–Trinajstić information content (AvgIpc) is 3.30. The van der Waals surface area contributed by atoms with E-state index in [0.29, 0.717) is 12.1 Å². The topological polar surface area (TPSA) is 38.1 Å². The highest BCUT2D eigenvalue weighted by molar-refractivity contribution is 6.00. The van der Waals surface area contributed by atoms with Crippen LogP contribution in [0.3, 0.4) is 0 Å². The first-order valence-corrected chi connectivity index (χ1v) is 10.6. The van der Waals surface area contributed by atoms with Crippen LogP contribution in [0.5, 0.6) is 0 Å². The lowest BCUT2D eigenvalue weighted by atomic mass is 10.0. The van der Waals surface area contributed by atoms with Crippen molar-refractivity contribution in [3.05, 3.63) is 120 Å². The first-order valence-electron chi connectivity index (χ1n) is 10.6. The summed E-state index contributed by atoms with van der Waals surface area (Å²) in [5.41, 5.74) is 4.38. The molecule has 0 spiro atoms. The Morgan fingerprint density at radius 3 is 2.25 bits per heavy atom. The van der Waals surface area contributed by atoms with Gasteiger partial charge in [0.1, 0.15) is 0 Å². The van der Waals surface area contributed by atoms with Crippen molar-refractivity contribution in [3.8, 4) is 16.9 Å². The van der Waals surface area contributed by atoms with Gasteiger partial charge < -0.3 is 4.90 Å². The number of carbonyl (C=O) groups is 1. The Bertz CT molecular complexity index is 1370. The van der Waals surface area contributed by atoms with Crippen LogP contribution in [0.25, 0.3) is 27.7 Å². The zero-order chi connectivity index (χ0) is 21.9. The molecular weight excluding hydrogens is 394 g/mol. The fraction of sp³-hybridized carbons (Fsp3) is 0.0714. The molecule has 1 heterocycles. The number of aromatic nitrogens is 2. The van der Waals surface area contributed by atoms with Crippen LogP contribution in [0.15, 0.2) is 109 Å². The maximum Gasteiger partial charge on any atom is 0.257 e. The fourth-order valence-corrected chi connectivity index (χ4v) is 4.11.